The van der Waals surface area contributed by atoms with E-state index in [1.165, 1.54) is 6.20 Å². The zero-order chi connectivity index (χ0) is 15.7. The van der Waals surface area contributed by atoms with E-state index in [-0.39, 0.29) is 22.5 Å². The molecule has 0 aliphatic carbocycles. The van der Waals surface area contributed by atoms with Crippen LogP contribution in [0.2, 0.25) is 10.0 Å². The van der Waals surface area contributed by atoms with E-state index >= 15 is 0 Å². The first-order valence-electron chi connectivity index (χ1n) is 6.87. The molecule has 2 heterocycles. The van der Waals surface area contributed by atoms with Gasteiger partial charge in [-0.05, 0) is 24.5 Å². The number of nitrogens with zero attached hydrogens (tertiary/aromatic N) is 3. The number of para-hydroxylation sites is 1. The molecule has 22 heavy (non-hydrogen) atoms. The van der Waals surface area contributed by atoms with Crippen molar-refractivity contribution >= 4 is 34.8 Å². The molecular formula is C15H13Cl2N3O2. The molecule has 1 aliphatic rings. The van der Waals surface area contributed by atoms with E-state index in [1.807, 2.05) is 24.3 Å². The van der Waals surface area contributed by atoms with Gasteiger partial charge in [0.1, 0.15) is 11.6 Å². The standard InChI is InChI=1S/C15H13Cl2N3O2/c16-11-8-18-20(15(22)14(11)17)9-13(21)19-7-3-5-10-4-1-2-6-12(10)19/h1-2,4,6,8H,3,5,7,9H2. The van der Waals surface area contributed by atoms with E-state index < -0.39 is 5.56 Å². The number of benzene rings is 1. The summed E-state index contributed by atoms with van der Waals surface area (Å²) in [6.07, 6.45) is 3.11. The minimum Gasteiger partial charge on any atom is -0.311 e. The first-order valence-corrected chi connectivity index (χ1v) is 7.63. The zero-order valence-corrected chi connectivity index (χ0v) is 13.1. The fraction of sp³-hybridized carbons (Fsp3) is 0.267. The van der Waals surface area contributed by atoms with Crippen molar-refractivity contribution in [2.45, 2.75) is 19.4 Å². The summed E-state index contributed by atoms with van der Waals surface area (Å²) in [7, 11) is 0. The van der Waals surface area contributed by atoms with Crippen molar-refractivity contribution in [3.05, 3.63) is 56.4 Å². The number of halogens is 2. The summed E-state index contributed by atoms with van der Waals surface area (Å²) >= 11 is 11.5. The Morgan fingerprint density at radius 2 is 2.05 bits per heavy atom. The predicted octanol–water partition coefficient (Wildman–Crippen LogP) is 2.53. The summed E-state index contributed by atoms with van der Waals surface area (Å²) in [5, 5.41) is 3.83. The minimum atomic E-state index is -0.562. The summed E-state index contributed by atoms with van der Waals surface area (Å²) in [6, 6.07) is 7.78. The quantitative estimate of drug-likeness (QED) is 0.846. The molecule has 114 valence electrons. The normalized spacial score (nSPS) is 13.8. The summed E-state index contributed by atoms with van der Waals surface area (Å²) in [4.78, 5) is 26.2. The molecule has 1 aliphatic heterocycles. The molecule has 0 unspecified atom stereocenters. The van der Waals surface area contributed by atoms with Crippen LogP contribution in [0.25, 0.3) is 0 Å². The SMILES string of the molecule is O=C(Cn1ncc(Cl)c(Cl)c1=O)N1CCCc2ccccc21. The average Bonchev–Trinajstić information content (AvgIpc) is 2.55. The molecule has 7 heteroatoms. The first-order chi connectivity index (χ1) is 10.6. The van der Waals surface area contributed by atoms with Gasteiger partial charge < -0.3 is 4.90 Å². The molecular weight excluding hydrogens is 325 g/mol. The van der Waals surface area contributed by atoms with Gasteiger partial charge in [-0.3, -0.25) is 9.59 Å². The van der Waals surface area contributed by atoms with Crippen LogP contribution in [0.1, 0.15) is 12.0 Å². The highest BCUT2D eigenvalue weighted by atomic mass is 35.5. The third-order valence-corrected chi connectivity index (χ3v) is 4.39. The fourth-order valence-electron chi connectivity index (χ4n) is 2.56. The van der Waals surface area contributed by atoms with Crippen LogP contribution in [0.3, 0.4) is 0 Å². The Morgan fingerprint density at radius 1 is 1.27 bits per heavy atom. The molecule has 1 amide bonds. The Bertz CT molecular complexity index is 789. The van der Waals surface area contributed by atoms with Gasteiger partial charge in [-0.1, -0.05) is 41.4 Å². The lowest BCUT2D eigenvalue weighted by atomic mass is 10.0. The number of aryl methyl sites for hydroxylation is 1. The Labute approximate surface area is 137 Å². The van der Waals surface area contributed by atoms with E-state index in [0.29, 0.717) is 6.54 Å². The molecule has 1 aromatic heterocycles. The molecule has 0 spiro atoms. The zero-order valence-electron chi connectivity index (χ0n) is 11.6. The molecule has 0 radical (unpaired) electrons. The lowest BCUT2D eigenvalue weighted by molar-refractivity contribution is -0.119. The highest BCUT2D eigenvalue weighted by Crippen LogP contribution is 2.26. The molecule has 0 N–H and O–H groups in total. The van der Waals surface area contributed by atoms with E-state index in [4.69, 9.17) is 23.2 Å². The molecule has 3 rings (SSSR count). The van der Waals surface area contributed by atoms with Crippen molar-refractivity contribution < 1.29 is 4.79 Å². The van der Waals surface area contributed by atoms with Gasteiger partial charge >= 0.3 is 0 Å². The Balaban J connectivity index is 1.88. The van der Waals surface area contributed by atoms with E-state index in [1.54, 1.807) is 4.90 Å². The number of carbonyl (C=O) groups is 1. The number of aromatic nitrogens is 2. The number of anilines is 1. The molecule has 0 saturated carbocycles. The van der Waals surface area contributed by atoms with Gasteiger partial charge in [0.25, 0.3) is 5.56 Å². The van der Waals surface area contributed by atoms with Gasteiger partial charge in [0.15, 0.2) is 0 Å². The average molecular weight is 338 g/mol. The Hall–Kier alpha value is -1.85. The van der Waals surface area contributed by atoms with Crippen LogP contribution in [-0.4, -0.2) is 22.2 Å². The fourth-order valence-corrected chi connectivity index (χ4v) is 2.83. The van der Waals surface area contributed by atoms with E-state index in [0.717, 1.165) is 28.8 Å². The second kappa shape index (κ2) is 6.10. The van der Waals surface area contributed by atoms with Crippen LogP contribution in [0.4, 0.5) is 5.69 Å². The second-order valence-corrected chi connectivity index (χ2v) is 5.83. The van der Waals surface area contributed by atoms with Gasteiger partial charge in [0, 0.05) is 12.2 Å². The van der Waals surface area contributed by atoms with Crippen LogP contribution in [0.5, 0.6) is 0 Å². The maximum Gasteiger partial charge on any atom is 0.287 e. The molecule has 2 aromatic rings. The minimum absolute atomic E-state index is 0.0821. The Kier molecular flexibility index (Phi) is 4.18. The molecule has 1 aromatic carbocycles. The van der Waals surface area contributed by atoms with Crippen LogP contribution in [0, 0.1) is 0 Å². The monoisotopic (exact) mass is 337 g/mol. The summed E-state index contributed by atoms with van der Waals surface area (Å²) in [5.41, 5.74) is 1.47. The maximum absolute atomic E-state index is 12.5. The number of hydrogen-bond donors (Lipinski definition) is 0. The Morgan fingerprint density at radius 3 is 2.86 bits per heavy atom. The molecule has 5 nitrogen and oxygen atoms in total. The number of amides is 1. The van der Waals surface area contributed by atoms with Crippen molar-refractivity contribution in [2.24, 2.45) is 0 Å². The number of fused-ring (bicyclic) bond motifs is 1. The third kappa shape index (κ3) is 2.74. The van der Waals surface area contributed by atoms with Crippen molar-refractivity contribution in [1.82, 2.24) is 9.78 Å². The lowest BCUT2D eigenvalue weighted by Crippen LogP contribution is -2.40. The van der Waals surface area contributed by atoms with Crippen molar-refractivity contribution in [3.63, 3.8) is 0 Å². The van der Waals surface area contributed by atoms with Crippen molar-refractivity contribution in [3.8, 4) is 0 Å². The van der Waals surface area contributed by atoms with Gasteiger partial charge in [-0.15, -0.1) is 0 Å². The second-order valence-electron chi connectivity index (χ2n) is 5.05. The van der Waals surface area contributed by atoms with Gasteiger partial charge in [-0.2, -0.15) is 5.10 Å². The molecule has 0 fully saturated rings. The summed E-state index contributed by atoms with van der Waals surface area (Å²) < 4.78 is 1.04. The maximum atomic E-state index is 12.5. The largest absolute Gasteiger partial charge is 0.311 e. The van der Waals surface area contributed by atoms with Gasteiger partial charge in [0.2, 0.25) is 5.91 Å². The lowest BCUT2D eigenvalue weighted by Gasteiger charge is -2.29. The topological polar surface area (TPSA) is 55.2 Å². The molecule has 0 saturated heterocycles. The van der Waals surface area contributed by atoms with Crippen LogP contribution in [-0.2, 0) is 17.8 Å². The molecule has 0 bridgehead atoms. The summed E-state index contributed by atoms with van der Waals surface area (Å²) in [6.45, 7) is 0.468. The van der Waals surface area contributed by atoms with E-state index in [2.05, 4.69) is 5.10 Å². The number of carbonyl (C=O) groups excluding carboxylic acids is 1. The van der Waals surface area contributed by atoms with Crippen molar-refractivity contribution in [2.75, 3.05) is 11.4 Å². The highest BCUT2D eigenvalue weighted by molar-refractivity contribution is 6.41. The smallest absolute Gasteiger partial charge is 0.287 e. The van der Waals surface area contributed by atoms with E-state index in [9.17, 15) is 9.59 Å². The number of hydrogen-bond acceptors (Lipinski definition) is 3. The van der Waals surface area contributed by atoms with Crippen LogP contribution < -0.4 is 10.5 Å². The first kappa shape index (κ1) is 15.1. The predicted molar refractivity (Wildman–Crippen MR) is 85.6 cm³/mol. The third-order valence-electron chi connectivity index (χ3n) is 3.64. The van der Waals surface area contributed by atoms with Gasteiger partial charge in [0.05, 0.1) is 11.2 Å². The van der Waals surface area contributed by atoms with Crippen LogP contribution in [0.15, 0.2) is 35.3 Å². The summed E-state index contributed by atoms with van der Waals surface area (Å²) in [5.74, 6) is -0.194. The number of rotatable bonds is 2. The van der Waals surface area contributed by atoms with Gasteiger partial charge in [-0.25, -0.2) is 4.68 Å². The highest BCUT2D eigenvalue weighted by Gasteiger charge is 2.23. The molecule has 0 atom stereocenters. The van der Waals surface area contributed by atoms with Crippen LogP contribution >= 0.6 is 23.2 Å². The van der Waals surface area contributed by atoms with Crippen molar-refractivity contribution in [1.29, 1.82) is 0 Å².